The third-order valence-corrected chi connectivity index (χ3v) is 8.53. The Kier molecular flexibility index (Phi) is 9.65. The molecule has 0 heterocycles. The molecular formula is C27H29Cl2N3O5S. The molecule has 0 unspecified atom stereocenters. The number of rotatable bonds is 10. The van der Waals surface area contributed by atoms with Crippen LogP contribution in [0.15, 0.2) is 71.6 Å². The van der Waals surface area contributed by atoms with Gasteiger partial charge in [-0.05, 0) is 61.9 Å². The van der Waals surface area contributed by atoms with Crippen LogP contribution in [0.3, 0.4) is 0 Å². The summed E-state index contributed by atoms with van der Waals surface area (Å²) in [6, 6.07) is 16.8. The zero-order chi connectivity index (χ0) is 28.0. The number of sulfonamides is 1. The summed E-state index contributed by atoms with van der Waals surface area (Å²) in [5.74, 6) is -0.339. The average molecular weight is 579 g/mol. The number of nitrogens with zero attached hydrogens (tertiary/aromatic N) is 2. The van der Waals surface area contributed by atoms with Crippen molar-refractivity contribution in [1.82, 2.24) is 10.2 Å². The molecule has 0 radical (unpaired) electrons. The van der Waals surface area contributed by atoms with Crippen molar-refractivity contribution in [3.63, 3.8) is 0 Å². The Bertz CT molecular complexity index is 1400. The van der Waals surface area contributed by atoms with E-state index in [1.165, 1.54) is 42.3 Å². The van der Waals surface area contributed by atoms with Gasteiger partial charge in [0.05, 0.1) is 27.7 Å². The molecule has 0 spiro atoms. The van der Waals surface area contributed by atoms with E-state index in [0.717, 1.165) is 15.4 Å². The quantitative estimate of drug-likeness (QED) is 0.378. The largest absolute Gasteiger partial charge is 0.497 e. The van der Waals surface area contributed by atoms with Crippen molar-refractivity contribution in [2.45, 2.75) is 31.3 Å². The highest BCUT2D eigenvalue weighted by molar-refractivity contribution is 7.92. The van der Waals surface area contributed by atoms with Crippen LogP contribution in [0.2, 0.25) is 10.0 Å². The summed E-state index contributed by atoms with van der Waals surface area (Å²) in [6.07, 6.45) is 0. The van der Waals surface area contributed by atoms with E-state index in [0.29, 0.717) is 5.75 Å². The highest BCUT2D eigenvalue weighted by atomic mass is 35.5. The van der Waals surface area contributed by atoms with Crippen LogP contribution in [0, 0.1) is 6.92 Å². The molecule has 0 saturated heterocycles. The summed E-state index contributed by atoms with van der Waals surface area (Å²) in [5, 5.41) is 2.92. The molecule has 1 N–H and O–H groups in total. The van der Waals surface area contributed by atoms with Gasteiger partial charge in [0.15, 0.2) is 0 Å². The Morgan fingerprint density at radius 2 is 1.61 bits per heavy atom. The van der Waals surface area contributed by atoms with Crippen LogP contribution in [0.25, 0.3) is 0 Å². The molecule has 0 fully saturated rings. The molecule has 0 saturated carbocycles. The first kappa shape index (κ1) is 29.3. The first-order chi connectivity index (χ1) is 18.0. The fourth-order valence-corrected chi connectivity index (χ4v) is 5.42. The molecule has 3 rings (SSSR count). The highest BCUT2D eigenvalue weighted by Gasteiger charge is 2.32. The van der Waals surface area contributed by atoms with Gasteiger partial charge in [-0.3, -0.25) is 13.9 Å². The van der Waals surface area contributed by atoms with Crippen molar-refractivity contribution in [3.05, 3.63) is 87.9 Å². The molecule has 1 atom stereocenters. The number of nitrogens with one attached hydrogen (secondary N) is 1. The molecule has 0 bridgehead atoms. The van der Waals surface area contributed by atoms with E-state index in [-0.39, 0.29) is 27.2 Å². The SMILES string of the molecule is CNC(=O)[C@@H](C)N(Cc1ccc(OC)cc1)C(=O)CN(c1ccc(Cl)c(Cl)c1)S(=O)(=O)c1ccc(C)cc1. The van der Waals surface area contributed by atoms with Gasteiger partial charge in [-0.1, -0.05) is 53.0 Å². The Hall–Kier alpha value is -3.27. The lowest BCUT2D eigenvalue weighted by Crippen LogP contribution is -2.50. The van der Waals surface area contributed by atoms with Gasteiger partial charge in [-0.2, -0.15) is 0 Å². The molecule has 0 aliphatic rings. The van der Waals surface area contributed by atoms with Crippen molar-refractivity contribution in [1.29, 1.82) is 0 Å². The number of benzene rings is 3. The second kappa shape index (κ2) is 12.5. The molecule has 3 aromatic carbocycles. The number of aryl methyl sites for hydroxylation is 1. The number of likely N-dealkylation sites (N-methyl/N-ethyl adjacent to an activating group) is 1. The molecule has 2 amide bonds. The zero-order valence-corrected chi connectivity index (χ0v) is 23.8. The number of hydrogen-bond acceptors (Lipinski definition) is 5. The molecular weight excluding hydrogens is 549 g/mol. The minimum Gasteiger partial charge on any atom is -0.497 e. The van der Waals surface area contributed by atoms with Crippen LogP contribution in [0.1, 0.15) is 18.1 Å². The number of carbonyl (C=O) groups excluding carboxylic acids is 2. The summed E-state index contributed by atoms with van der Waals surface area (Å²) in [5.41, 5.74) is 1.77. The molecule has 0 aliphatic carbocycles. The van der Waals surface area contributed by atoms with E-state index in [1.807, 2.05) is 6.92 Å². The summed E-state index contributed by atoms with van der Waals surface area (Å²) in [6.45, 7) is 2.91. The van der Waals surface area contributed by atoms with E-state index >= 15 is 0 Å². The minimum atomic E-state index is -4.20. The monoisotopic (exact) mass is 577 g/mol. The Morgan fingerprint density at radius 3 is 2.16 bits per heavy atom. The molecule has 8 nitrogen and oxygen atoms in total. The van der Waals surface area contributed by atoms with Crippen LogP contribution >= 0.6 is 23.2 Å². The van der Waals surface area contributed by atoms with Gasteiger partial charge < -0.3 is 15.0 Å². The van der Waals surface area contributed by atoms with Gasteiger partial charge in [0.25, 0.3) is 10.0 Å². The molecule has 0 aromatic heterocycles. The van der Waals surface area contributed by atoms with Gasteiger partial charge in [0.2, 0.25) is 11.8 Å². The number of anilines is 1. The van der Waals surface area contributed by atoms with Gasteiger partial charge in [0, 0.05) is 13.6 Å². The molecule has 202 valence electrons. The number of hydrogen-bond donors (Lipinski definition) is 1. The maximum absolute atomic E-state index is 13.8. The second-order valence-electron chi connectivity index (χ2n) is 8.58. The average Bonchev–Trinajstić information content (AvgIpc) is 2.91. The van der Waals surface area contributed by atoms with Gasteiger partial charge in [0.1, 0.15) is 18.3 Å². The van der Waals surface area contributed by atoms with Crippen LogP contribution in [-0.4, -0.2) is 51.9 Å². The first-order valence-corrected chi connectivity index (χ1v) is 13.9. The van der Waals surface area contributed by atoms with E-state index in [9.17, 15) is 18.0 Å². The topological polar surface area (TPSA) is 96.0 Å². The lowest BCUT2D eigenvalue weighted by molar-refractivity contribution is -0.139. The van der Waals surface area contributed by atoms with Crippen molar-refractivity contribution < 1.29 is 22.7 Å². The molecule has 38 heavy (non-hydrogen) atoms. The summed E-state index contributed by atoms with van der Waals surface area (Å²) < 4.78 is 33.7. The highest BCUT2D eigenvalue weighted by Crippen LogP contribution is 2.31. The fourth-order valence-electron chi connectivity index (χ4n) is 3.73. The Morgan fingerprint density at radius 1 is 0.974 bits per heavy atom. The van der Waals surface area contributed by atoms with Crippen molar-refractivity contribution in [3.8, 4) is 5.75 Å². The second-order valence-corrected chi connectivity index (χ2v) is 11.3. The Balaban J connectivity index is 2.04. The summed E-state index contributed by atoms with van der Waals surface area (Å²) in [4.78, 5) is 27.6. The number of amides is 2. The summed E-state index contributed by atoms with van der Waals surface area (Å²) in [7, 11) is -1.18. The predicted octanol–water partition coefficient (Wildman–Crippen LogP) is 4.67. The number of carbonyl (C=O) groups is 2. The number of ether oxygens (including phenoxy) is 1. The van der Waals surface area contributed by atoms with Crippen LogP contribution in [0.4, 0.5) is 5.69 Å². The van der Waals surface area contributed by atoms with E-state index in [1.54, 1.807) is 50.4 Å². The third-order valence-electron chi connectivity index (χ3n) is 6.00. The predicted molar refractivity (Wildman–Crippen MR) is 149 cm³/mol. The van der Waals surface area contributed by atoms with Crippen molar-refractivity contribution >= 4 is 50.7 Å². The van der Waals surface area contributed by atoms with E-state index < -0.39 is 34.4 Å². The smallest absolute Gasteiger partial charge is 0.264 e. The van der Waals surface area contributed by atoms with Crippen molar-refractivity contribution in [2.24, 2.45) is 0 Å². The third kappa shape index (κ3) is 6.78. The van der Waals surface area contributed by atoms with Crippen LogP contribution < -0.4 is 14.4 Å². The van der Waals surface area contributed by atoms with Crippen molar-refractivity contribution in [2.75, 3.05) is 25.0 Å². The normalized spacial score (nSPS) is 11.9. The minimum absolute atomic E-state index is 0.00280. The Labute approximate surface area is 233 Å². The zero-order valence-electron chi connectivity index (χ0n) is 21.4. The van der Waals surface area contributed by atoms with Crippen LogP contribution in [-0.2, 0) is 26.2 Å². The number of halogens is 2. The van der Waals surface area contributed by atoms with Gasteiger partial charge in [-0.15, -0.1) is 0 Å². The summed E-state index contributed by atoms with van der Waals surface area (Å²) >= 11 is 12.3. The molecule has 0 aliphatic heterocycles. The standard InChI is InChI=1S/C27H29Cl2N3O5S/c1-18-5-12-23(13-6-18)38(35,36)32(21-9-14-24(28)25(29)15-21)17-26(33)31(19(2)27(34)30-3)16-20-7-10-22(37-4)11-8-20/h5-15,19H,16-17H2,1-4H3,(H,30,34)/t19-/m1/s1. The first-order valence-electron chi connectivity index (χ1n) is 11.7. The maximum Gasteiger partial charge on any atom is 0.264 e. The molecule has 11 heteroatoms. The maximum atomic E-state index is 13.8. The number of methoxy groups -OCH3 is 1. The van der Waals surface area contributed by atoms with Gasteiger partial charge >= 0.3 is 0 Å². The van der Waals surface area contributed by atoms with Gasteiger partial charge in [-0.25, -0.2) is 8.42 Å². The lowest BCUT2D eigenvalue weighted by atomic mass is 10.1. The fraction of sp³-hybridized carbons (Fsp3) is 0.259. The van der Waals surface area contributed by atoms with E-state index in [2.05, 4.69) is 5.32 Å². The van der Waals surface area contributed by atoms with Crippen LogP contribution in [0.5, 0.6) is 5.75 Å². The van der Waals surface area contributed by atoms with E-state index in [4.69, 9.17) is 27.9 Å². The lowest BCUT2D eigenvalue weighted by Gasteiger charge is -2.32. The molecule has 3 aromatic rings.